The highest BCUT2D eigenvalue weighted by Crippen LogP contribution is 2.26. The number of ether oxygens (including phenoxy) is 1. The van der Waals surface area contributed by atoms with E-state index in [0.717, 1.165) is 15.1 Å². The Hall–Kier alpha value is -1.17. The monoisotopic (exact) mass is 385 g/mol. The van der Waals surface area contributed by atoms with Crippen molar-refractivity contribution in [2.75, 3.05) is 18.2 Å². The summed E-state index contributed by atoms with van der Waals surface area (Å²) in [6.07, 6.45) is 0. The normalized spacial score (nSPS) is 10.2. The van der Waals surface area contributed by atoms with E-state index >= 15 is 0 Å². The molecule has 110 valence electrons. The first-order chi connectivity index (χ1) is 10.1. The second kappa shape index (κ2) is 7.73. The fourth-order valence-electron chi connectivity index (χ4n) is 1.60. The van der Waals surface area contributed by atoms with Crippen LogP contribution in [0.25, 0.3) is 0 Å². The van der Waals surface area contributed by atoms with Crippen LogP contribution < -0.4 is 10.1 Å². The number of carbonyl (C=O) groups is 1. The molecule has 0 spiro atoms. The molecule has 0 saturated carbocycles. The predicted octanol–water partition coefficient (Wildman–Crippen LogP) is 4.84. The Morgan fingerprint density at radius 1 is 1.29 bits per heavy atom. The largest absolute Gasteiger partial charge is 0.497 e. The van der Waals surface area contributed by atoms with Crippen LogP contribution in [0.1, 0.15) is 0 Å². The van der Waals surface area contributed by atoms with Crippen molar-refractivity contribution >= 4 is 50.9 Å². The lowest BCUT2D eigenvalue weighted by molar-refractivity contribution is -0.113. The molecule has 0 saturated heterocycles. The molecule has 2 aromatic rings. The predicted molar refractivity (Wildman–Crippen MR) is 91.5 cm³/mol. The smallest absolute Gasteiger partial charge is 0.234 e. The summed E-state index contributed by atoms with van der Waals surface area (Å²) in [5, 5.41) is 3.30. The molecule has 21 heavy (non-hydrogen) atoms. The van der Waals surface area contributed by atoms with Gasteiger partial charge in [0.25, 0.3) is 0 Å². The van der Waals surface area contributed by atoms with Crippen LogP contribution in [0.15, 0.2) is 51.8 Å². The van der Waals surface area contributed by atoms with Crippen molar-refractivity contribution in [2.24, 2.45) is 0 Å². The van der Waals surface area contributed by atoms with Gasteiger partial charge < -0.3 is 10.1 Å². The zero-order valence-electron chi connectivity index (χ0n) is 11.2. The number of carbonyl (C=O) groups excluding carboxylic acids is 1. The molecule has 0 bridgehead atoms. The molecule has 3 nitrogen and oxygen atoms in total. The van der Waals surface area contributed by atoms with Crippen LogP contribution in [0.4, 0.5) is 5.69 Å². The van der Waals surface area contributed by atoms with Crippen molar-refractivity contribution in [3.05, 3.63) is 52.0 Å². The van der Waals surface area contributed by atoms with E-state index in [4.69, 9.17) is 16.3 Å². The first-order valence-corrected chi connectivity index (χ1v) is 8.26. The summed E-state index contributed by atoms with van der Waals surface area (Å²) >= 11 is 10.8. The molecule has 2 rings (SSSR count). The molecule has 0 heterocycles. The van der Waals surface area contributed by atoms with Crippen molar-refractivity contribution in [1.29, 1.82) is 0 Å². The average molecular weight is 387 g/mol. The Kier molecular flexibility index (Phi) is 5.96. The molecule has 6 heteroatoms. The highest BCUT2D eigenvalue weighted by Gasteiger charge is 2.07. The van der Waals surface area contributed by atoms with Gasteiger partial charge in [0, 0.05) is 9.37 Å². The van der Waals surface area contributed by atoms with Crippen molar-refractivity contribution in [3.8, 4) is 5.75 Å². The molecule has 0 aliphatic rings. The lowest BCUT2D eigenvalue weighted by Gasteiger charge is -2.07. The summed E-state index contributed by atoms with van der Waals surface area (Å²) in [6.45, 7) is 0. The number of amides is 1. The number of methoxy groups -OCH3 is 1. The van der Waals surface area contributed by atoms with E-state index in [0.29, 0.717) is 16.5 Å². The van der Waals surface area contributed by atoms with E-state index in [-0.39, 0.29) is 5.91 Å². The van der Waals surface area contributed by atoms with Gasteiger partial charge in [0.05, 0.1) is 23.6 Å². The van der Waals surface area contributed by atoms with Gasteiger partial charge in [0.2, 0.25) is 5.91 Å². The Bertz CT molecular complexity index is 634. The maximum absolute atomic E-state index is 11.9. The van der Waals surface area contributed by atoms with E-state index in [1.54, 1.807) is 19.2 Å². The molecule has 1 amide bonds. The fourth-order valence-corrected chi connectivity index (χ4v) is 3.02. The third-order valence-electron chi connectivity index (χ3n) is 2.63. The lowest BCUT2D eigenvalue weighted by Crippen LogP contribution is -2.14. The summed E-state index contributed by atoms with van der Waals surface area (Å²) < 4.78 is 5.96. The number of benzene rings is 2. The van der Waals surface area contributed by atoms with E-state index in [9.17, 15) is 4.79 Å². The SMILES string of the molecule is COc1ccc(SCC(=O)Nc2ccc(Br)cc2Cl)cc1. The Morgan fingerprint density at radius 2 is 2.00 bits per heavy atom. The van der Waals surface area contributed by atoms with Crippen molar-refractivity contribution in [3.63, 3.8) is 0 Å². The van der Waals surface area contributed by atoms with Gasteiger partial charge in [0.15, 0.2) is 0 Å². The number of anilines is 1. The van der Waals surface area contributed by atoms with Crippen LogP contribution in [0, 0.1) is 0 Å². The van der Waals surface area contributed by atoms with Crippen molar-refractivity contribution in [1.82, 2.24) is 0 Å². The Morgan fingerprint density at radius 3 is 2.62 bits per heavy atom. The molecule has 0 aliphatic carbocycles. The van der Waals surface area contributed by atoms with Gasteiger partial charge in [-0.1, -0.05) is 27.5 Å². The van der Waals surface area contributed by atoms with Crippen LogP contribution in [0.3, 0.4) is 0 Å². The van der Waals surface area contributed by atoms with Gasteiger partial charge in [-0.3, -0.25) is 4.79 Å². The average Bonchev–Trinajstić information content (AvgIpc) is 2.48. The molecule has 2 aromatic carbocycles. The minimum Gasteiger partial charge on any atom is -0.497 e. The third kappa shape index (κ3) is 4.95. The minimum atomic E-state index is -0.0972. The van der Waals surface area contributed by atoms with Crippen LogP contribution in [-0.2, 0) is 4.79 Å². The standard InChI is InChI=1S/C15H13BrClNO2S/c1-20-11-3-5-12(6-4-11)21-9-15(19)18-14-7-2-10(16)8-13(14)17/h2-8H,9H2,1H3,(H,18,19). The zero-order valence-corrected chi connectivity index (χ0v) is 14.4. The minimum absolute atomic E-state index is 0.0972. The number of nitrogens with one attached hydrogen (secondary N) is 1. The summed E-state index contributed by atoms with van der Waals surface area (Å²) in [5.74, 6) is 1.02. The number of rotatable bonds is 5. The van der Waals surface area contributed by atoms with Gasteiger partial charge in [-0.15, -0.1) is 11.8 Å². The van der Waals surface area contributed by atoms with Gasteiger partial charge in [-0.2, -0.15) is 0 Å². The molecule has 0 aromatic heterocycles. The summed E-state index contributed by atoms with van der Waals surface area (Å²) in [6, 6.07) is 12.9. The van der Waals surface area contributed by atoms with Gasteiger partial charge in [0.1, 0.15) is 5.75 Å². The fraction of sp³-hybridized carbons (Fsp3) is 0.133. The molecular formula is C15H13BrClNO2S. The lowest BCUT2D eigenvalue weighted by atomic mass is 10.3. The highest BCUT2D eigenvalue weighted by molar-refractivity contribution is 9.10. The summed E-state index contributed by atoms with van der Waals surface area (Å²) in [5.41, 5.74) is 0.611. The molecule has 0 aliphatic heterocycles. The van der Waals surface area contributed by atoms with E-state index in [1.807, 2.05) is 30.3 Å². The van der Waals surface area contributed by atoms with Crippen LogP contribution in [0.5, 0.6) is 5.75 Å². The van der Waals surface area contributed by atoms with Crippen molar-refractivity contribution in [2.45, 2.75) is 4.90 Å². The zero-order chi connectivity index (χ0) is 15.2. The number of thioether (sulfide) groups is 1. The van der Waals surface area contributed by atoms with Gasteiger partial charge >= 0.3 is 0 Å². The van der Waals surface area contributed by atoms with E-state index in [2.05, 4.69) is 21.2 Å². The molecule has 0 unspecified atom stereocenters. The maximum Gasteiger partial charge on any atom is 0.234 e. The summed E-state index contributed by atoms with van der Waals surface area (Å²) in [7, 11) is 1.62. The van der Waals surface area contributed by atoms with Crippen LogP contribution >= 0.6 is 39.3 Å². The maximum atomic E-state index is 11.9. The number of hydrogen-bond acceptors (Lipinski definition) is 3. The summed E-state index contributed by atoms with van der Waals surface area (Å²) in [4.78, 5) is 12.9. The quantitative estimate of drug-likeness (QED) is 0.747. The number of halogens is 2. The molecule has 0 atom stereocenters. The second-order valence-electron chi connectivity index (χ2n) is 4.14. The second-order valence-corrected chi connectivity index (χ2v) is 6.51. The topological polar surface area (TPSA) is 38.3 Å². The van der Waals surface area contributed by atoms with Crippen molar-refractivity contribution < 1.29 is 9.53 Å². The molecule has 1 N–H and O–H groups in total. The molecule has 0 radical (unpaired) electrons. The molecular weight excluding hydrogens is 374 g/mol. The molecule has 0 fully saturated rings. The first-order valence-electron chi connectivity index (χ1n) is 6.10. The third-order valence-corrected chi connectivity index (χ3v) is 4.45. The van der Waals surface area contributed by atoms with E-state index in [1.165, 1.54) is 11.8 Å². The van der Waals surface area contributed by atoms with E-state index < -0.39 is 0 Å². The van der Waals surface area contributed by atoms with Crippen LogP contribution in [0.2, 0.25) is 5.02 Å². The highest BCUT2D eigenvalue weighted by atomic mass is 79.9. The Labute approximate surface area is 141 Å². The van der Waals surface area contributed by atoms with Gasteiger partial charge in [-0.25, -0.2) is 0 Å². The van der Waals surface area contributed by atoms with Gasteiger partial charge in [-0.05, 0) is 42.5 Å². The first kappa shape index (κ1) is 16.2. The Balaban J connectivity index is 1.89. The number of hydrogen-bond donors (Lipinski definition) is 1. The van der Waals surface area contributed by atoms with Crippen LogP contribution in [-0.4, -0.2) is 18.8 Å².